The number of anilines is 1. The second-order valence-electron chi connectivity index (χ2n) is 3.67. The maximum absolute atomic E-state index is 13.3. The van der Waals surface area contributed by atoms with Gasteiger partial charge in [-0.1, -0.05) is 29.3 Å². The molecule has 0 saturated heterocycles. The summed E-state index contributed by atoms with van der Waals surface area (Å²) in [5.41, 5.74) is 3.25. The fourth-order valence-electron chi connectivity index (χ4n) is 1.35. The summed E-state index contributed by atoms with van der Waals surface area (Å²) in [6, 6.07) is 8.13. The molecule has 0 saturated carbocycles. The number of benzene rings is 2. The molecule has 6 heteroatoms. The molecule has 0 heterocycles. The van der Waals surface area contributed by atoms with Crippen molar-refractivity contribution in [3.8, 4) is 0 Å². The SMILES string of the molecule is Fc1ccc(N/N=C/c2ccc(Cl)c(Cl)c2)c(F)c1. The molecular formula is C13H8Cl2F2N2. The van der Waals surface area contributed by atoms with Gasteiger partial charge in [0.2, 0.25) is 0 Å². The van der Waals surface area contributed by atoms with Gasteiger partial charge in [0.1, 0.15) is 5.82 Å². The summed E-state index contributed by atoms with van der Waals surface area (Å²) >= 11 is 11.6. The van der Waals surface area contributed by atoms with Gasteiger partial charge in [-0.3, -0.25) is 5.43 Å². The molecule has 98 valence electrons. The van der Waals surface area contributed by atoms with Crippen LogP contribution in [0.25, 0.3) is 0 Å². The third-order valence-corrected chi connectivity index (χ3v) is 3.01. The van der Waals surface area contributed by atoms with E-state index in [4.69, 9.17) is 23.2 Å². The van der Waals surface area contributed by atoms with E-state index in [9.17, 15) is 8.78 Å². The largest absolute Gasteiger partial charge is 0.276 e. The number of nitrogens with one attached hydrogen (secondary N) is 1. The first-order valence-corrected chi connectivity index (χ1v) is 6.01. The van der Waals surface area contributed by atoms with Gasteiger partial charge in [-0.25, -0.2) is 8.78 Å². The third-order valence-electron chi connectivity index (χ3n) is 2.27. The molecule has 0 atom stereocenters. The lowest BCUT2D eigenvalue weighted by atomic mass is 10.2. The van der Waals surface area contributed by atoms with E-state index in [0.717, 1.165) is 12.1 Å². The predicted octanol–water partition coefficient (Wildman–Crippen LogP) is 4.72. The van der Waals surface area contributed by atoms with Crippen LogP contribution in [0.15, 0.2) is 41.5 Å². The molecule has 0 aromatic heterocycles. The van der Waals surface area contributed by atoms with Crippen LogP contribution >= 0.6 is 23.2 Å². The molecule has 0 amide bonds. The molecule has 19 heavy (non-hydrogen) atoms. The number of hydrogen-bond acceptors (Lipinski definition) is 2. The molecule has 0 unspecified atom stereocenters. The van der Waals surface area contributed by atoms with Crippen molar-refractivity contribution in [1.29, 1.82) is 0 Å². The van der Waals surface area contributed by atoms with Crippen LogP contribution in [0.1, 0.15) is 5.56 Å². The summed E-state index contributed by atoms with van der Waals surface area (Å²) in [6.45, 7) is 0. The van der Waals surface area contributed by atoms with Crippen molar-refractivity contribution >= 4 is 35.1 Å². The summed E-state index contributed by atoms with van der Waals surface area (Å²) in [5, 5.41) is 4.68. The summed E-state index contributed by atoms with van der Waals surface area (Å²) in [5.74, 6) is -1.36. The Morgan fingerprint density at radius 2 is 1.79 bits per heavy atom. The van der Waals surface area contributed by atoms with Crippen molar-refractivity contribution in [2.75, 3.05) is 5.43 Å². The van der Waals surface area contributed by atoms with Gasteiger partial charge in [-0.2, -0.15) is 5.10 Å². The molecule has 0 radical (unpaired) electrons. The van der Waals surface area contributed by atoms with Crippen LogP contribution in [0, 0.1) is 11.6 Å². The van der Waals surface area contributed by atoms with Crippen molar-refractivity contribution in [3.05, 3.63) is 63.6 Å². The molecule has 2 aromatic carbocycles. The second-order valence-corrected chi connectivity index (χ2v) is 4.48. The van der Waals surface area contributed by atoms with Crippen LogP contribution < -0.4 is 5.43 Å². The number of hydrazone groups is 1. The van der Waals surface area contributed by atoms with Crippen molar-refractivity contribution in [1.82, 2.24) is 0 Å². The Hall–Kier alpha value is -1.65. The molecule has 0 aliphatic heterocycles. The highest BCUT2D eigenvalue weighted by Crippen LogP contribution is 2.22. The van der Waals surface area contributed by atoms with Crippen LogP contribution in [-0.4, -0.2) is 6.21 Å². The molecule has 1 N–H and O–H groups in total. The smallest absolute Gasteiger partial charge is 0.151 e. The fourth-order valence-corrected chi connectivity index (χ4v) is 1.66. The van der Waals surface area contributed by atoms with Gasteiger partial charge >= 0.3 is 0 Å². The van der Waals surface area contributed by atoms with E-state index in [1.54, 1.807) is 18.2 Å². The minimum atomic E-state index is -0.716. The zero-order chi connectivity index (χ0) is 13.8. The predicted molar refractivity (Wildman–Crippen MR) is 74.0 cm³/mol. The number of halogens is 4. The van der Waals surface area contributed by atoms with E-state index in [2.05, 4.69) is 10.5 Å². The minimum absolute atomic E-state index is 0.0812. The highest BCUT2D eigenvalue weighted by molar-refractivity contribution is 6.42. The summed E-state index contributed by atoms with van der Waals surface area (Å²) in [7, 11) is 0. The second kappa shape index (κ2) is 5.99. The van der Waals surface area contributed by atoms with Crippen molar-refractivity contribution < 1.29 is 8.78 Å². The van der Waals surface area contributed by atoms with Crippen molar-refractivity contribution in [2.45, 2.75) is 0 Å². The molecule has 0 aliphatic rings. The van der Waals surface area contributed by atoms with Crippen LogP contribution in [-0.2, 0) is 0 Å². The van der Waals surface area contributed by atoms with Crippen LogP contribution in [0.4, 0.5) is 14.5 Å². The lowest BCUT2D eigenvalue weighted by Crippen LogP contribution is -1.94. The third kappa shape index (κ3) is 3.66. The number of rotatable bonds is 3. The van der Waals surface area contributed by atoms with Gasteiger partial charge < -0.3 is 0 Å². The summed E-state index contributed by atoms with van der Waals surface area (Å²) < 4.78 is 26.0. The Kier molecular flexibility index (Phi) is 4.35. The first-order chi connectivity index (χ1) is 9.06. The van der Waals surface area contributed by atoms with Gasteiger partial charge in [0.25, 0.3) is 0 Å². The Labute approximate surface area is 118 Å². The van der Waals surface area contributed by atoms with E-state index in [0.29, 0.717) is 15.6 Å². The van der Waals surface area contributed by atoms with Crippen LogP contribution in [0.3, 0.4) is 0 Å². The lowest BCUT2D eigenvalue weighted by Gasteiger charge is -2.02. The number of hydrogen-bond donors (Lipinski definition) is 1. The van der Waals surface area contributed by atoms with Gasteiger partial charge in [-0.15, -0.1) is 0 Å². The van der Waals surface area contributed by atoms with Gasteiger partial charge in [0.05, 0.1) is 21.9 Å². The van der Waals surface area contributed by atoms with Crippen LogP contribution in [0.5, 0.6) is 0 Å². The van der Waals surface area contributed by atoms with Gasteiger partial charge in [0.15, 0.2) is 5.82 Å². The molecule has 0 bridgehead atoms. The molecule has 2 rings (SSSR count). The number of nitrogens with zero attached hydrogens (tertiary/aromatic N) is 1. The van der Waals surface area contributed by atoms with E-state index < -0.39 is 11.6 Å². The monoisotopic (exact) mass is 300 g/mol. The standard InChI is InChI=1S/C13H8Cl2F2N2/c14-10-3-1-8(5-11(10)15)7-18-19-13-4-2-9(16)6-12(13)17/h1-7,19H/b18-7+. The van der Waals surface area contributed by atoms with Crippen molar-refractivity contribution in [2.24, 2.45) is 5.10 Å². The van der Waals surface area contributed by atoms with Crippen LogP contribution in [0.2, 0.25) is 10.0 Å². The first-order valence-electron chi connectivity index (χ1n) is 5.25. The minimum Gasteiger partial charge on any atom is -0.276 e. The fraction of sp³-hybridized carbons (Fsp3) is 0. The zero-order valence-electron chi connectivity index (χ0n) is 9.50. The van der Waals surface area contributed by atoms with Gasteiger partial charge in [0, 0.05) is 6.07 Å². The Bertz CT molecular complexity index is 630. The normalized spacial score (nSPS) is 10.9. The van der Waals surface area contributed by atoms with Crippen molar-refractivity contribution in [3.63, 3.8) is 0 Å². The Morgan fingerprint density at radius 3 is 2.47 bits per heavy atom. The van der Waals surface area contributed by atoms with Gasteiger partial charge in [-0.05, 0) is 29.8 Å². The highest BCUT2D eigenvalue weighted by Gasteiger charge is 2.02. The van der Waals surface area contributed by atoms with E-state index in [1.807, 2.05) is 0 Å². The van der Waals surface area contributed by atoms with E-state index >= 15 is 0 Å². The van der Waals surface area contributed by atoms with E-state index in [-0.39, 0.29) is 5.69 Å². The first kappa shape index (κ1) is 13.8. The molecule has 0 aliphatic carbocycles. The van der Waals surface area contributed by atoms with E-state index in [1.165, 1.54) is 12.3 Å². The Morgan fingerprint density at radius 1 is 1.00 bits per heavy atom. The summed E-state index contributed by atoms with van der Waals surface area (Å²) in [4.78, 5) is 0. The molecule has 0 spiro atoms. The highest BCUT2D eigenvalue weighted by atomic mass is 35.5. The molecule has 0 fully saturated rings. The maximum atomic E-state index is 13.3. The average Bonchev–Trinajstić information content (AvgIpc) is 2.36. The average molecular weight is 301 g/mol. The maximum Gasteiger partial charge on any atom is 0.151 e. The Balaban J connectivity index is 2.09. The zero-order valence-corrected chi connectivity index (χ0v) is 11.0. The lowest BCUT2D eigenvalue weighted by molar-refractivity contribution is 0.585. The molecular weight excluding hydrogens is 293 g/mol. The topological polar surface area (TPSA) is 24.4 Å². The molecule has 2 nitrogen and oxygen atoms in total. The quantitative estimate of drug-likeness (QED) is 0.644. The molecule has 2 aromatic rings. The summed E-state index contributed by atoms with van der Waals surface area (Å²) in [6.07, 6.45) is 1.45.